The summed E-state index contributed by atoms with van der Waals surface area (Å²) >= 11 is 0. The summed E-state index contributed by atoms with van der Waals surface area (Å²) in [6, 6.07) is 1.13. The molecular formula is C11H17N3O4. The molecule has 0 radical (unpaired) electrons. The van der Waals surface area contributed by atoms with Crippen LogP contribution in [-0.2, 0) is 9.59 Å². The average Bonchev–Trinajstić information content (AvgIpc) is 2.67. The number of carboxylic acids is 1. The number of carbonyl (C=O) groups excluding carboxylic acids is 1. The molecule has 0 saturated carbocycles. The molecule has 1 amide bonds. The van der Waals surface area contributed by atoms with E-state index in [9.17, 15) is 14.7 Å². The molecule has 0 spiro atoms. The molecule has 1 heterocycles. The minimum atomic E-state index is -1.03. The molecule has 7 nitrogen and oxygen atoms in total. The van der Waals surface area contributed by atoms with Gasteiger partial charge in [-0.3, -0.25) is 14.5 Å². The van der Waals surface area contributed by atoms with E-state index in [1.807, 2.05) is 6.07 Å². The lowest BCUT2D eigenvalue weighted by molar-refractivity contribution is -0.143. The summed E-state index contributed by atoms with van der Waals surface area (Å²) in [4.78, 5) is 25.6. The van der Waals surface area contributed by atoms with Crippen LogP contribution in [0.2, 0.25) is 0 Å². The summed E-state index contributed by atoms with van der Waals surface area (Å²) in [6.45, 7) is 0.466. The van der Waals surface area contributed by atoms with E-state index in [4.69, 9.17) is 10.4 Å². The minimum Gasteiger partial charge on any atom is -0.480 e. The van der Waals surface area contributed by atoms with Gasteiger partial charge >= 0.3 is 5.97 Å². The number of nitrogens with zero attached hydrogens (tertiary/aromatic N) is 3. The van der Waals surface area contributed by atoms with E-state index < -0.39 is 18.1 Å². The Hall–Kier alpha value is -1.65. The molecule has 0 aromatic rings. The van der Waals surface area contributed by atoms with Crippen molar-refractivity contribution in [3.8, 4) is 6.07 Å². The van der Waals surface area contributed by atoms with Gasteiger partial charge in [-0.2, -0.15) is 5.26 Å². The Kier molecular flexibility index (Phi) is 5.07. The van der Waals surface area contributed by atoms with Crippen LogP contribution in [0.4, 0.5) is 0 Å². The van der Waals surface area contributed by atoms with Crippen LogP contribution in [0, 0.1) is 11.3 Å². The van der Waals surface area contributed by atoms with Crippen molar-refractivity contribution in [1.29, 1.82) is 5.26 Å². The van der Waals surface area contributed by atoms with E-state index in [-0.39, 0.29) is 31.8 Å². The zero-order chi connectivity index (χ0) is 13.7. The third-order valence-corrected chi connectivity index (χ3v) is 2.99. The van der Waals surface area contributed by atoms with Gasteiger partial charge in [0.05, 0.1) is 25.1 Å². The Labute approximate surface area is 105 Å². The van der Waals surface area contributed by atoms with Gasteiger partial charge in [0.2, 0.25) is 5.91 Å². The molecule has 1 aliphatic rings. The predicted octanol–water partition coefficient (Wildman–Crippen LogP) is -1.12. The molecular weight excluding hydrogens is 238 g/mol. The first-order valence-corrected chi connectivity index (χ1v) is 5.71. The lowest BCUT2D eigenvalue weighted by Gasteiger charge is -2.23. The second kappa shape index (κ2) is 6.33. The summed E-state index contributed by atoms with van der Waals surface area (Å²) in [7, 11) is 1.57. The Bertz CT molecular complexity index is 366. The molecule has 1 rings (SSSR count). The maximum absolute atomic E-state index is 11.8. The quantitative estimate of drug-likeness (QED) is 0.644. The summed E-state index contributed by atoms with van der Waals surface area (Å²) < 4.78 is 0. The molecule has 1 fully saturated rings. The van der Waals surface area contributed by atoms with Gasteiger partial charge < -0.3 is 15.1 Å². The molecule has 2 atom stereocenters. The number of amides is 1. The van der Waals surface area contributed by atoms with E-state index >= 15 is 0 Å². The number of carbonyl (C=O) groups is 2. The number of carboxylic acid groups (broad SMARTS) is 1. The highest BCUT2D eigenvalue weighted by atomic mass is 16.4. The van der Waals surface area contributed by atoms with Gasteiger partial charge in [-0.15, -0.1) is 0 Å². The van der Waals surface area contributed by atoms with E-state index in [0.29, 0.717) is 6.54 Å². The number of aliphatic carboxylic acids is 1. The summed E-state index contributed by atoms with van der Waals surface area (Å²) in [5.41, 5.74) is 0. The first-order chi connectivity index (χ1) is 8.45. The van der Waals surface area contributed by atoms with Crippen LogP contribution in [0.1, 0.15) is 12.8 Å². The van der Waals surface area contributed by atoms with Gasteiger partial charge in [0, 0.05) is 26.6 Å². The van der Waals surface area contributed by atoms with E-state index in [1.165, 1.54) is 9.80 Å². The van der Waals surface area contributed by atoms with Crippen LogP contribution in [-0.4, -0.2) is 70.7 Å². The summed E-state index contributed by atoms with van der Waals surface area (Å²) in [5, 5.41) is 26.8. The van der Waals surface area contributed by atoms with E-state index in [1.54, 1.807) is 7.05 Å². The normalized spacial score (nSPS) is 23.6. The summed E-state index contributed by atoms with van der Waals surface area (Å²) in [6.07, 6.45) is -0.319. The molecule has 0 aromatic carbocycles. The van der Waals surface area contributed by atoms with Crippen LogP contribution in [0.25, 0.3) is 0 Å². The molecule has 18 heavy (non-hydrogen) atoms. The average molecular weight is 255 g/mol. The number of rotatable bonds is 5. The largest absolute Gasteiger partial charge is 0.480 e. The van der Waals surface area contributed by atoms with Gasteiger partial charge in [-0.25, -0.2) is 0 Å². The van der Waals surface area contributed by atoms with Crippen LogP contribution < -0.4 is 0 Å². The Morgan fingerprint density at radius 2 is 2.22 bits per heavy atom. The van der Waals surface area contributed by atoms with Crippen molar-refractivity contribution >= 4 is 11.9 Å². The standard InChI is InChI=1S/C11H17N3O4/c1-13(4-2-3-12)10(16)7-14-6-8(15)5-9(14)11(17)18/h8-9,15H,2,4-7H2,1H3,(H,17,18). The van der Waals surface area contributed by atoms with Gasteiger partial charge in [-0.05, 0) is 0 Å². The maximum atomic E-state index is 11.8. The molecule has 1 aliphatic heterocycles. The maximum Gasteiger partial charge on any atom is 0.321 e. The van der Waals surface area contributed by atoms with E-state index in [0.717, 1.165) is 0 Å². The minimum absolute atomic E-state index is 0.0457. The number of aliphatic hydroxyl groups is 1. The second-order valence-corrected chi connectivity index (χ2v) is 4.40. The molecule has 2 unspecified atom stereocenters. The molecule has 2 N–H and O–H groups in total. The van der Waals surface area contributed by atoms with Gasteiger partial charge in [0.1, 0.15) is 6.04 Å². The smallest absolute Gasteiger partial charge is 0.321 e. The van der Waals surface area contributed by atoms with Crippen molar-refractivity contribution in [3.63, 3.8) is 0 Å². The molecule has 0 aromatic heterocycles. The third kappa shape index (κ3) is 3.68. The molecule has 7 heteroatoms. The number of β-amino-alcohol motifs (C(OH)–C–C–N with tert-alkyl or cyclic N) is 1. The number of likely N-dealkylation sites (tertiary alicyclic amines) is 1. The van der Waals surface area contributed by atoms with Crippen LogP contribution >= 0.6 is 0 Å². The van der Waals surface area contributed by atoms with Crippen molar-refractivity contribution in [2.75, 3.05) is 26.7 Å². The monoisotopic (exact) mass is 255 g/mol. The van der Waals surface area contributed by atoms with Crippen molar-refractivity contribution in [1.82, 2.24) is 9.80 Å². The van der Waals surface area contributed by atoms with Crippen LogP contribution in [0.15, 0.2) is 0 Å². The van der Waals surface area contributed by atoms with Crippen LogP contribution in [0.3, 0.4) is 0 Å². The Balaban J connectivity index is 2.53. The van der Waals surface area contributed by atoms with E-state index in [2.05, 4.69) is 0 Å². The van der Waals surface area contributed by atoms with Crippen molar-refractivity contribution in [2.45, 2.75) is 25.0 Å². The highest BCUT2D eigenvalue weighted by molar-refractivity contribution is 5.80. The fraction of sp³-hybridized carbons (Fsp3) is 0.727. The molecule has 1 saturated heterocycles. The number of hydrogen-bond acceptors (Lipinski definition) is 5. The van der Waals surface area contributed by atoms with Crippen molar-refractivity contribution in [2.24, 2.45) is 0 Å². The lowest BCUT2D eigenvalue weighted by Crippen LogP contribution is -2.43. The highest BCUT2D eigenvalue weighted by Gasteiger charge is 2.37. The predicted molar refractivity (Wildman–Crippen MR) is 61.5 cm³/mol. The number of aliphatic hydroxyl groups excluding tert-OH is 1. The third-order valence-electron chi connectivity index (χ3n) is 2.99. The highest BCUT2D eigenvalue weighted by Crippen LogP contribution is 2.17. The van der Waals surface area contributed by atoms with Gasteiger partial charge in [0.15, 0.2) is 0 Å². The topological polar surface area (TPSA) is 105 Å². The SMILES string of the molecule is CN(CCC#N)C(=O)CN1CC(O)CC1C(=O)O. The van der Waals surface area contributed by atoms with Gasteiger partial charge in [0.25, 0.3) is 0 Å². The Morgan fingerprint density at radius 1 is 1.56 bits per heavy atom. The molecule has 0 bridgehead atoms. The van der Waals surface area contributed by atoms with Crippen LogP contribution in [0.5, 0.6) is 0 Å². The Morgan fingerprint density at radius 3 is 2.78 bits per heavy atom. The number of likely N-dealkylation sites (N-methyl/N-ethyl adjacent to an activating group) is 1. The summed E-state index contributed by atoms with van der Waals surface area (Å²) in [5.74, 6) is -1.27. The zero-order valence-electron chi connectivity index (χ0n) is 10.2. The van der Waals surface area contributed by atoms with Gasteiger partial charge in [-0.1, -0.05) is 0 Å². The number of hydrogen-bond donors (Lipinski definition) is 2. The fourth-order valence-electron chi connectivity index (χ4n) is 1.95. The van der Waals surface area contributed by atoms with Crippen molar-refractivity contribution < 1.29 is 19.8 Å². The lowest BCUT2D eigenvalue weighted by atomic mass is 10.2. The number of nitriles is 1. The molecule has 0 aliphatic carbocycles. The second-order valence-electron chi connectivity index (χ2n) is 4.40. The zero-order valence-corrected chi connectivity index (χ0v) is 10.2. The first kappa shape index (κ1) is 14.4. The first-order valence-electron chi connectivity index (χ1n) is 5.71. The fourth-order valence-corrected chi connectivity index (χ4v) is 1.95. The van der Waals surface area contributed by atoms with Crippen molar-refractivity contribution in [3.05, 3.63) is 0 Å². The molecule has 100 valence electrons.